The zero-order chi connectivity index (χ0) is 15.4. The van der Waals surface area contributed by atoms with Gasteiger partial charge < -0.3 is 15.8 Å². The van der Waals surface area contributed by atoms with Crippen molar-refractivity contribution in [1.29, 1.82) is 0 Å². The molecule has 1 aromatic carbocycles. The minimum absolute atomic E-state index is 0.000389. The van der Waals surface area contributed by atoms with E-state index in [0.29, 0.717) is 12.2 Å². The highest BCUT2D eigenvalue weighted by Crippen LogP contribution is 2.58. The summed E-state index contributed by atoms with van der Waals surface area (Å²) < 4.78 is 19.6. The summed E-state index contributed by atoms with van der Waals surface area (Å²) in [6.45, 7) is 6.26. The normalized spacial score (nSPS) is 33.2. The van der Waals surface area contributed by atoms with E-state index in [2.05, 4.69) is 5.32 Å². The maximum absolute atomic E-state index is 13.9. The van der Waals surface area contributed by atoms with E-state index in [0.717, 1.165) is 6.42 Å². The molecular weight excluding hydrogens is 271 g/mol. The van der Waals surface area contributed by atoms with E-state index in [1.807, 2.05) is 13.8 Å². The molecule has 3 rings (SSSR count). The van der Waals surface area contributed by atoms with Crippen LogP contribution in [0.4, 0.5) is 10.1 Å². The molecule has 0 spiro atoms. The molecule has 1 heterocycles. The maximum atomic E-state index is 13.9. The van der Waals surface area contributed by atoms with Gasteiger partial charge in [0.1, 0.15) is 11.4 Å². The molecule has 3 N–H and O–H groups in total. The molecule has 1 amide bonds. The summed E-state index contributed by atoms with van der Waals surface area (Å²) in [5.41, 5.74) is 5.85. The third-order valence-corrected chi connectivity index (χ3v) is 5.29. The third-order valence-electron chi connectivity index (χ3n) is 5.29. The van der Waals surface area contributed by atoms with Gasteiger partial charge in [-0.3, -0.25) is 4.79 Å². The number of hydrogen-bond donors (Lipinski definition) is 2. The molecule has 0 bridgehead atoms. The Morgan fingerprint density at radius 2 is 2.19 bits per heavy atom. The summed E-state index contributed by atoms with van der Waals surface area (Å²) in [7, 11) is 0. The van der Waals surface area contributed by atoms with Crippen LogP contribution in [0.2, 0.25) is 0 Å². The fourth-order valence-corrected chi connectivity index (χ4v) is 3.85. The second-order valence-electron chi connectivity index (χ2n) is 6.66. The van der Waals surface area contributed by atoms with Crippen molar-refractivity contribution in [3.63, 3.8) is 0 Å². The van der Waals surface area contributed by atoms with Crippen LogP contribution >= 0.6 is 0 Å². The molecule has 2 fully saturated rings. The fraction of sp³-hybridized carbons (Fsp3) is 0.562. The number of nitrogens with one attached hydrogen (secondary N) is 1. The number of carbonyl (C=O) groups is 1. The first kappa shape index (κ1) is 14.5. The standard InChI is InChI=1S/C16H21FN2O2/c1-9-5-4-6-11(17)12(9)19-14(20)16(18)10-7-8-21-13(10)15(16,2)3/h4-6,10,13H,7-8,18H2,1-3H3,(H,19,20). The van der Waals surface area contributed by atoms with Crippen LogP contribution in [0.25, 0.3) is 0 Å². The zero-order valence-electron chi connectivity index (χ0n) is 12.6. The number of ether oxygens (including phenoxy) is 1. The monoisotopic (exact) mass is 292 g/mol. The van der Waals surface area contributed by atoms with Crippen LogP contribution in [0, 0.1) is 24.1 Å². The lowest BCUT2D eigenvalue weighted by Crippen LogP contribution is -2.79. The lowest BCUT2D eigenvalue weighted by Gasteiger charge is -2.60. The Hall–Kier alpha value is -1.46. The van der Waals surface area contributed by atoms with Gasteiger partial charge >= 0.3 is 0 Å². The van der Waals surface area contributed by atoms with Gasteiger partial charge in [0.25, 0.3) is 0 Å². The summed E-state index contributed by atoms with van der Waals surface area (Å²) in [6, 6.07) is 4.71. The molecule has 5 heteroatoms. The van der Waals surface area contributed by atoms with Gasteiger partial charge in [-0.25, -0.2) is 4.39 Å². The Bertz CT molecular complexity index is 582. The molecule has 3 unspecified atom stereocenters. The molecular formula is C16H21FN2O2. The maximum Gasteiger partial charge on any atom is 0.245 e. The second-order valence-corrected chi connectivity index (χ2v) is 6.66. The number of para-hydroxylation sites is 1. The molecule has 3 atom stereocenters. The Morgan fingerprint density at radius 3 is 2.86 bits per heavy atom. The molecule has 1 saturated carbocycles. The first-order valence-electron chi connectivity index (χ1n) is 7.27. The van der Waals surface area contributed by atoms with Crippen LogP contribution in [0.15, 0.2) is 18.2 Å². The van der Waals surface area contributed by atoms with E-state index in [1.54, 1.807) is 19.1 Å². The van der Waals surface area contributed by atoms with Gasteiger partial charge in [0, 0.05) is 17.9 Å². The quantitative estimate of drug-likeness (QED) is 0.878. The average Bonchev–Trinajstić information content (AvgIpc) is 2.90. The van der Waals surface area contributed by atoms with Gasteiger partial charge in [-0.05, 0) is 25.0 Å². The molecule has 1 aromatic rings. The summed E-state index contributed by atoms with van der Waals surface area (Å²) >= 11 is 0. The highest BCUT2D eigenvalue weighted by atomic mass is 19.1. The van der Waals surface area contributed by atoms with Crippen molar-refractivity contribution >= 4 is 11.6 Å². The zero-order valence-corrected chi connectivity index (χ0v) is 12.6. The number of rotatable bonds is 2. The van der Waals surface area contributed by atoms with Gasteiger partial charge in [0.15, 0.2) is 0 Å². The van der Waals surface area contributed by atoms with E-state index in [-0.39, 0.29) is 23.6 Å². The molecule has 114 valence electrons. The molecule has 1 aliphatic heterocycles. The van der Waals surface area contributed by atoms with Crippen LogP contribution in [-0.4, -0.2) is 24.2 Å². The highest BCUT2D eigenvalue weighted by Gasteiger charge is 2.71. The van der Waals surface area contributed by atoms with Gasteiger partial charge in [-0.15, -0.1) is 0 Å². The summed E-state index contributed by atoms with van der Waals surface area (Å²) in [4.78, 5) is 12.7. The number of halogens is 1. The third kappa shape index (κ3) is 1.77. The number of aryl methyl sites for hydroxylation is 1. The first-order chi connectivity index (χ1) is 9.80. The SMILES string of the molecule is Cc1cccc(F)c1NC(=O)C1(N)C2CCOC2C1(C)C. The molecule has 21 heavy (non-hydrogen) atoms. The highest BCUT2D eigenvalue weighted by molar-refractivity contribution is 6.00. The van der Waals surface area contributed by atoms with Crippen molar-refractivity contribution in [1.82, 2.24) is 0 Å². The van der Waals surface area contributed by atoms with Gasteiger partial charge in [-0.2, -0.15) is 0 Å². The van der Waals surface area contributed by atoms with Crippen molar-refractivity contribution in [3.05, 3.63) is 29.6 Å². The smallest absolute Gasteiger partial charge is 0.245 e. The summed E-state index contributed by atoms with van der Waals surface area (Å²) in [6.07, 6.45) is 0.781. The number of fused-ring (bicyclic) bond motifs is 1. The molecule has 0 radical (unpaired) electrons. The van der Waals surface area contributed by atoms with Crippen LogP contribution < -0.4 is 11.1 Å². The molecule has 2 aliphatic rings. The lowest BCUT2D eigenvalue weighted by atomic mass is 9.48. The number of benzene rings is 1. The fourth-order valence-electron chi connectivity index (χ4n) is 3.85. The Kier molecular flexibility index (Phi) is 3.11. The van der Waals surface area contributed by atoms with Crippen molar-refractivity contribution < 1.29 is 13.9 Å². The van der Waals surface area contributed by atoms with E-state index in [4.69, 9.17) is 10.5 Å². The number of nitrogens with two attached hydrogens (primary N) is 1. The lowest BCUT2D eigenvalue weighted by molar-refractivity contribution is -0.170. The van der Waals surface area contributed by atoms with Crippen LogP contribution in [0.3, 0.4) is 0 Å². The topological polar surface area (TPSA) is 64.4 Å². The van der Waals surface area contributed by atoms with Crippen LogP contribution in [0.5, 0.6) is 0 Å². The molecule has 0 aromatic heterocycles. The largest absolute Gasteiger partial charge is 0.377 e. The second kappa shape index (κ2) is 4.52. The van der Waals surface area contributed by atoms with Crippen molar-refractivity contribution in [2.45, 2.75) is 38.8 Å². The Balaban J connectivity index is 1.89. The van der Waals surface area contributed by atoms with Gasteiger partial charge in [0.2, 0.25) is 5.91 Å². The molecule has 4 nitrogen and oxygen atoms in total. The first-order valence-corrected chi connectivity index (χ1v) is 7.27. The van der Waals surface area contributed by atoms with Crippen molar-refractivity contribution in [2.75, 3.05) is 11.9 Å². The van der Waals surface area contributed by atoms with Gasteiger partial charge in [-0.1, -0.05) is 26.0 Å². The van der Waals surface area contributed by atoms with E-state index < -0.39 is 16.8 Å². The number of carbonyl (C=O) groups excluding carboxylic acids is 1. The number of hydrogen-bond acceptors (Lipinski definition) is 3. The van der Waals surface area contributed by atoms with Crippen LogP contribution in [0.1, 0.15) is 25.8 Å². The average molecular weight is 292 g/mol. The Morgan fingerprint density at radius 1 is 1.48 bits per heavy atom. The van der Waals surface area contributed by atoms with Crippen molar-refractivity contribution in [3.8, 4) is 0 Å². The Labute approximate surface area is 123 Å². The predicted molar refractivity (Wildman–Crippen MR) is 78.3 cm³/mol. The van der Waals surface area contributed by atoms with E-state index in [9.17, 15) is 9.18 Å². The van der Waals surface area contributed by atoms with Gasteiger partial charge in [0.05, 0.1) is 11.8 Å². The minimum Gasteiger partial charge on any atom is -0.377 e. The molecule has 1 aliphatic carbocycles. The van der Waals surface area contributed by atoms with E-state index in [1.165, 1.54) is 6.07 Å². The van der Waals surface area contributed by atoms with Crippen LogP contribution in [-0.2, 0) is 9.53 Å². The summed E-state index contributed by atoms with van der Waals surface area (Å²) in [5.74, 6) is -0.768. The van der Waals surface area contributed by atoms with E-state index >= 15 is 0 Å². The number of anilines is 1. The molecule has 1 saturated heterocycles. The summed E-state index contributed by atoms with van der Waals surface area (Å²) in [5, 5.41) is 2.69. The minimum atomic E-state index is -1.02. The predicted octanol–water partition coefficient (Wildman–Crippen LogP) is 2.22. The van der Waals surface area contributed by atoms with Crippen molar-refractivity contribution in [2.24, 2.45) is 17.1 Å². The number of amides is 1.